The Labute approximate surface area is 203 Å². The predicted octanol–water partition coefficient (Wildman–Crippen LogP) is 4.12. The molecule has 0 spiro atoms. The summed E-state index contributed by atoms with van der Waals surface area (Å²) in [5.74, 6) is -0.0728. The average molecular weight is 499 g/mol. The van der Waals surface area contributed by atoms with Crippen LogP contribution in [-0.2, 0) is 10.0 Å². The van der Waals surface area contributed by atoms with E-state index in [9.17, 15) is 17.6 Å². The van der Waals surface area contributed by atoms with Gasteiger partial charge in [-0.3, -0.25) is 4.79 Å². The second-order valence-electron chi connectivity index (χ2n) is 9.19. The zero-order chi connectivity index (χ0) is 24.4. The molecule has 1 saturated carbocycles. The summed E-state index contributed by atoms with van der Waals surface area (Å²) in [6, 6.07) is 12.1. The van der Waals surface area contributed by atoms with Crippen LogP contribution >= 0.6 is 0 Å². The largest absolute Gasteiger partial charge is 0.339 e. The number of amides is 1. The first-order valence-electron chi connectivity index (χ1n) is 11.9. The highest BCUT2D eigenvalue weighted by Crippen LogP contribution is 2.29. The minimum atomic E-state index is -3.69. The van der Waals surface area contributed by atoms with Crippen molar-refractivity contribution < 1.29 is 22.1 Å². The van der Waals surface area contributed by atoms with Crippen LogP contribution in [0.1, 0.15) is 60.7 Å². The second-order valence-corrected chi connectivity index (χ2v) is 10.9. The van der Waals surface area contributed by atoms with Crippen LogP contribution in [0.25, 0.3) is 11.4 Å². The fourth-order valence-corrected chi connectivity index (χ4v) is 6.17. The Balaban J connectivity index is 1.30. The molecule has 184 valence electrons. The Morgan fingerprint density at radius 1 is 1.06 bits per heavy atom. The van der Waals surface area contributed by atoms with Crippen molar-refractivity contribution in [2.45, 2.75) is 55.4 Å². The summed E-state index contributed by atoms with van der Waals surface area (Å²) < 4.78 is 47.4. The van der Waals surface area contributed by atoms with E-state index in [1.54, 1.807) is 29.2 Å². The lowest BCUT2D eigenvalue weighted by molar-refractivity contribution is 0.0695. The fraction of sp³-hybridized carbons (Fsp3) is 0.400. The SMILES string of the molecule is O=C(c1cccc(S(=O)(=O)NC2CCCC2)c1)N1CCCC(c2nc(-c3cccc(F)c3)no2)C1. The van der Waals surface area contributed by atoms with Crippen LogP contribution in [0.2, 0.25) is 0 Å². The van der Waals surface area contributed by atoms with E-state index in [1.807, 2.05) is 0 Å². The third-order valence-corrected chi connectivity index (χ3v) is 8.17. The number of piperidine rings is 1. The summed E-state index contributed by atoms with van der Waals surface area (Å²) in [6.45, 7) is 0.929. The maximum Gasteiger partial charge on any atom is 0.253 e. The second kappa shape index (κ2) is 9.87. The van der Waals surface area contributed by atoms with E-state index in [0.29, 0.717) is 35.9 Å². The number of rotatable bonds is 6. The molecule has 2 aliphatic rings. The third kappa shape index (κ3) is 5.28. The number of carbonyl (C=O) groups excluding carboxylic acids is 1. The number of nitrogens with zero attached hydrogens (tertiary/aromatic N) is 3. The van der Waals surface area contributed by atoms with Gasteiger partial charge < -0.3 is 9.42 Å². The van der Waals surface area contributed by atoms with Gasteiger partial charge in [-0.2, -0.15) is 4.98 Å². The van der Waals surface area contributed by atoms with Gasteiger partial charge in [0.05, 0.1) is 10.8 Å². The zero-order valence-corrected chi connectivity index (χ0v) is 20.0. The van der Waals surface area contributed by atoms with Crippen molar-refractivity contribution in [2.75, 3.05) is 13.1 Å². The molecule has 1 aromatic heterocycles. The maximum atomic E-state index is 13.5. The Morgan fingerprint density at radius 2 is 1.86 bits per heavy atom. The van der Waals surface area contributed by atoms with Crippen molar-refractivity contribution in [3.05, 3.63) is 65.8 Å². The molecule has 1 N–H and O–H groups in total. The van der Waals surface area contributed by atoms with Gasteiger partial charge in [-0.05, 0) is 56.0 Å². The number of hydrogen-bond acceptors (Lipinski definition) is 6. The molecule has 2 aromatic carbocycles. The van der Waals surface area contributed by atoms with Crippen LogP contribution < -0.4 is 4.72 Å². The van der Waals surface area contributed by atoms with Gasteiger partial charge in [0.25, 0.3) is 5.91 Å². The maximum absolute atomic E-state index is 13.5. The number of aromatic nitrogens is 2. The number of sulfonamides is 1. The summed E-state index contributed by atoms with van der Waals surface area (Å²) in [5, 5.41) is 3.98. The lowest BCUT2D eigenvalue weighted by Crippen LogP contribution is -2.39. The first kappa shape index (κ1) is 23.6. The molecule has 5 rings (SSSR count). The molecular weight excluding hydrogens is 471 g/mol. The van der Waals surface area contributed by atoms with E-state index in [1.165, 1.54) is 24.3 Å². The molecule has 0 radical (unpaired) electrons. The van der Waals surface area contributed by atoms with Crippen molar-refractivity contribution >= 4 is 15.9 Å². The van der Waals surface area contributed by atoms with E-state index in [2.05, 4.69) is 14.9 Å². The number of benzene rings is 2. The summed E-state index contributed by atoms with van der Waals surface area (Å²) >= 11 is 0. The lowest BCUT2D eigenvalue weighted by atomic mass is 9.97. The number of halogens is 1. The van der Waals surface area contributed by atoms with Crippen molar-refractivity contribution in [1.29, 1.82) is 0 Å². The van der Waals surface area contributed by atoms with E-state index in [4.69, 9.17) is 4.52 Å². The molecule has 1 saturated heterocycles. The summed E-state index contributed by atoms with van der Waals surface area (Å²) in [6.07, 6.45) is 5.23. The van der Waals surface area contributed by atoms with Gasteiger partial charge in [0, 0.05) is 30.3 Å². The van der Waals surface area contributed by atoms with Crippen molar-refractivity contribution in [3.8, 4) is 11.4 Å². The van der Waals surface area contributed by atoms with Gasteiger partial charge in [0.2, 0.25) is 21.7 Å². The Morgan fingerprint density at radius 3 is 2.66 bits per heavy atom. The number of hydrogen-bond donors (Lipinski definition) is 1. The highest BCUT2D eigenvalue weighted by atomic mass is 32.2. The Kier molecular flexibility index (Phi) is 6.66. The van der Waals surface area contributed by atoms with Crippen molar-refractivity contribution in [1.82, 2.24) is 19.8 Å². The molecule has 1 unspecified atom stereocenters. The average Bonchev–Trinajstić information content (AvgIpc) is 3.56. The fourth-order valence-electron chi connectivity index (χ4n) is 4.82. The third-order valence-electron chi connectivity index (χ3n) is 6.65. The smallest absolute Gasteiger partial charge is 0.253 e. The van der Waals surface area contributed by atoms with Gasteiger partial charge in [-0.15, -0.1) is 0 Å². The lowest BCUT2D eigenvalue weighted by Gasteiger charge is -2.31. The standard InChI is InChI=1S/C25H27FN4O4S/c26-20-9-3-6-17(14-20)23-27-24(34-28-23)19-8-5-13-30(16-19)25(31)18-7-4-12-22(15-18)35(32,33)29-21-10-1-2-11-21/h3-4,6-7,9,12,14-15,19,21,29H,1-2,5,8,10-11,13,16H2. The topological polar surface area (TPSA) is 105 Å². The monoisotopic (exact) mass is 498 g/mol. The van der Waals surface area contributed by atoms with E-state index in [-0.39, 0.29) is 28.6 Å². The molecule has 10 heteroatoms. The van der Waals surface area contributed by atoms with E-state index < -0.39 is 10.0 Å². The van der Waals surface area contributed by atoms with Crippen LogP contribution in [-0.4, -0.2) is 48.5 Å². The molecule has 3 aromatic rings. The van der Waals surface area contributed by atoms with Crippen LogP contribution in [0.3, 0.4) is 0 Å². The van der Waals surface area contributed by atoms with Crippen molar-refractivity contribution in [2.24, 2.45) is 0 Å². The first-order chi connectivity index (χ1) is 16.9. The highest BCUT2D eigenvalue weighted by molar-refractivity contribution is 7.89. The molecule has 1 amide bonds. The normalized spacial score (nSPS) is 19.2. The Bertz CT molecular complexity index is 1320. The molecule has 8 nitrogen and oxygen atoms in total. The van der Waals surface area contributed by atoms with E-state index >= 15 is 0 Å². The molecule has 1 aliphatic carbocycles. The molecule has 1 aliphatic heterocycles. The minimum absolute atomic E-state index is 0.0473. The molecule has 2 fully saturated rings. The van der Waals surface area contributed by atoms with Crippen LogP contribution in [0.15, 0.2) is 57.9 Å². The van der Waals surface area contributed by atoms with Gasteiger partial charge in [-0.1, -0.05) is 36.2 Å². The summed E-state index contributed by atoms with van der Waals surface area (Å²) in [7, 11) is -3.69. The quantitative estimate of drug-likeness (QED) is 0.548. The van der Waals surface area contributed by atoms with Gasteiger partial charge in [-0.25, -0.2) is 17.5 Å². The van der Waals surface area contributed by atoms with Gasteiger partial charge in [0.15, 0.2) is 0 Å². The zero-order valence-electron chi connectivity index (χ0n) is 19.2. The first-order valence-corrected chi connectivity index (χ1v) is 13.4. The molecular formula is C25H27FN4O4S. The van der Waals surface area contributed by atoms with Crippen LogP contribution in [0.5, 0.6) is 0 Å². The predicted molar refractivity (Wildman–Crippen MR) is 127 cm³/mol. The summed E-state index contributed by atoms with van der Waals surface area (Å²) in [5.41, 5.74) is 0.846. The molecule has 1 atom stereocenters. The Hall–Kier alpha value is -3.11. The number of likely N-dealkylation sites (tertiary alicyclic amines) is 1. The molecule has 35 heavy (non-hydrogen) atoms. The van der Waals surface area contributed by atoms with Crippen molar-refractivity contribution in [3.63, 3.8) is 0 Å². The number of carbonyl (C=O) groups is 1. The minimum Gasteiger partial charge on any atom is -0.339 e. The highest BCUT2D eigenvalue weighted by Gasteiger charge is 2.30. The van der Waals surface area contributed by atoms with Crippen LogP contribution in [0.4, 0.5) is 4.39 Å². The van der Waals surface area contributed by atoms with Crippen LogP contribution in [0, 0.1) is 5.82 Å². The summed E-state index contributed by atoms with van der Waals surface area (Å²) in [4.78, 5) is 19.5. The molecule has 2 heterocycles. The van der Waals surface area contributed by atoms with E-state index in [0.717, 1.165) is 38.5 Å². The van der Waals surface area contributed by atoms with Gasteiger partial charge in [0.1, 0.15) is 5.82 Å². The van der Waals surface area contributed by atoms with Gasteiger partial charge >= 0.3 is 0 Å². The molecule has 0 bridgehead atoms. The number of nitrogens with one attached hydrogen (secondary N) is 1.